The molecule has 1 atom stereocenters. The van der Waals surface area contributed by atoms with Gasteiger partial charge in [-0.2, -0.15) is 0 Å². The van der Waals surface area contributed by atoms with Crippen LogP contribution in [0.3, 0.4) is 0 Å². The van der Waals surface area contributed by atoms with Crippen LogP contribution >= 0.6 is 22.6 Å². The van der Waals surface area contributed by atoms with Crippen molar-refractivity contribution in [3.63, 3.8) is 0 Å². The summed E-state index contributed by atoms with van der Waals surface area (Å²) >= 11 is 2.18. The molecule has 1 aromatic rings. The van der Waals surface area contributed by atoms with Gasteiger partial charge in [0.25, 0.3) is 5.91 Å². The molecule has 7 heteroatoms. The molecule has 0 saturated heterocycles. The Labute approximate surface area is 129 Å². The predicted molar refractivity (Wildman–Crippen MR) is 78.1 cm³/mol. The van der Waals surface area contributed by atoms with Crippen LogP contribution in [0.4, 0.5) is 13.2 Å². The predicted octanol–water partition coefficient (Wildman–Crippen LogP) is 3.77. The number of alkyl halides is 4. The van der Waals surface area contributed by atoms with Crippen molar-refractivity contribution in [3.05, 3.63) is 29.8 Å². The first kappa shape index (κ1) is 17.1. The van der Waals surface area contributed by atoms with Gasteiger partial charge >= 0.3 is 6.36 Å². The van der Waals surface area contributed by atoms with Crippen LogP contribution in [-0.2, 0) is 0 Å². The molecule has 1 unspecified atom stereocenters. The summed E-state index contributed by atoms with van der Waals surface area (Å²) in [7, 11) is 0. The van der Waals surface area contributed by atoms with E-state index in [-0.39, 0.29) is 23.6 Å². The third-order valence-corrected chi connectivity index (χ3v) is 3.59. The summed E-state index contributed by atoms with van der Waals surface area (Å²) in [5.41, 5.74) is 0.301. The lowest BCUT2D eigenvalue weighted by Crippen LogP contribution is -2.39. The molecule has 1 rings (SSSR count). The molecule has 0 saturated carbocycles. The van der Waals surface area contributed by atoms with Crippen molar-refractivity contribution in [3.8, 4) is 5.75 Å². The Balaban J connectivity index is 2.71. The van der Waals surface area contributed by atoms with E-state index in [0.29, 0.717) is 5.56 Å². The number of nitrogens with one attached hydrogen (secondary N) is 1. The molecule has 0 spiro atoms. The van der Waals surface area contributed by atoms with E-state index in [9.17, 15) is 18.0 Å². The van der Waals surface area contributed by atoms with Gasteiger partial charge in [-0.25, -0.2) is 0 Å². The highest BCUT2D eigenvalue weighted by atomic mass is 127. The van der Waals surface area contributed by atoms with Crippen molar-refractivity contribution >= 4 is 28.5 Å². The fourth-order valence-corrected chi connectivity index (χ4v) is 2.68. The molecule has 0 aliphatic heterocycles. The summed E-state index contributed by atoms with van der Waals surface area (Å²) < 4.78 is 40.5. The minimum Gasteiger partial charge on any atom is -0.406 e. The SMILES string of the molecule is CC(C)C(CI)NC(=O)c1ccc(OC(F)(F)F)cc1. The van der Waals surface area contributed by atoms with Gasteiger partial charge in [-0.1, -0.05) is 36.4 Å². The summed E-state index contributed by atoms with van der Waals surface area (Å²) in [6, 6.07) is 4.88. The average molecular weight is 401 g/mol. The van der Waals surface area contributed by atoms with Gasteiger partial charge in [0.1, 0.15) is 5.75 Å². The van der Waals surface area contributed by atoms with Crippen molar-refractivity contribution in [1.82, 2.24) is 5.32 Å². The van der Waals surface area contributed by atoms with E-state index in [0.717, 1.165) is 16.6 Å². The monoisotopic (exact) mass is 401 g/mol. The lowest BCUT2D eigenvalue weighted by atomic mass is 10.1. The fraction of sp³-hybridized carbons (Fsp3) is 0.462. The molecule has 1 aromatic carbocycles. The number of benzene rings is 1. The maximum absolute atomic E-state index is 12.0. The third kappa shape index (κ3) is 5.56. The molecule has 0 bridgehead atoms. The largest absolute Gasteiger partial charge is 0.573 e. The zero-order valence-corrected chi connectivity index (χ0v) is 13.2. The highest BCUT2D eigenvalue weighted by Gasteiger charge is 2.31. The smallest absolute Gasteiger partial charge is 0.406 e. The van der Waals surface area contributed by atoms with Gasteiger partial charge in [0.05, 0.1) is 0 Å². The van der Waals surface area contributed by atoms with Crippen molar-refractivity contribution in [2.75, 3.05) is 4.43 Å². The molecule has 0 fully saturated rings. The lowest BCUT2D eigenvalue weighted by molar-refractivity contribution is -0.274. The molecule has 1 amide bonds. The molecule has 0 aromatic heterocycles. The molecular formula is C13H15F3INO2. The summed E-state index contributed by atoms with van der Waals surface area (Å²) in [5.74, 6) is -0.369. The summed E-state index contributed by atoms with van der Waals surface area (Å²) in [5, 5.41) is 2.84. The van der Waals surface area contributed by atoms with E-state index in [1.807, 2.05) is 13.8 Å². The van der Waals surface area contributed by atoms with E-state index in [1.54, 1.807) is 0 Å². The standard InChI is InChI=1S/C13H15F3INO2/c1-8(2)11(7-17)18-12(19)9-3-5-10(6-4-9)20-13(14,15)16/h3-6,8,11H,7H2,1-2H3,(H,18,19). The highest BCUT2D eigenvalue weighted by Crippen LogP contribution is 2.22. The van der Waals surface area contributed by atoms with Crippen molar-refractivity contribution in [1.29, 1.82) is 0 Å². The number of ether oxygens (including phenoxy) is 1. The summed E-state index contributed by atoms with van der Waals surface area (Å²) in [4.78, 5) is 11.9. The number of carbonyl (C=O) groups excluding carboxylic acids is 1. The van der Waals surface area contributed by atoms with E-state index < -0.39 is 6.36 Å². The van der Waals surface area contributed by atoms with Crippen molar-refractivity contribution in [2.45, 2.75) is 26.3 Å². The second kappa shape index (κ2) is 7.14. The van der Waals surface area contributed by atoms with Crippen LogP contribution in [-0.4, -0.2) is 22.7 Å². The van der Waals surface area contributed by atoms with Crippen molar-refractivity contribution in [2.24, 2.45) is 5.92 Å². The van der Waals surface area contributed by atoms with Gasteiger partial charge in [0, 0.05) is 16.0 Å². The van der Waals surface area contributed by atoms with Crippen LogP contribution in [0.15, 0.2) is 24.3 Å². The maximum atomic E-state index is 12.0. The first-order chi connectivity index (χ1) is 9.23. The lowest BCUT2D eigenvalue weighted by Gasteiger charge is -2.20. The molecular weight excluding hydrogens is 386 g/mol. The van der Waals surface area contributed by atoms with Crippen LogP contribution in [0.25, 0.3) is 0 Å². The van der Waals surface area contributed by atoms with E-state index in [4.69, 9.17) is 0 Å². The number of amides is 1. The first-order valence-electron chi connectivity index (χ1n) is 5.95. The number of hydrogen-bond acceptors (Lipinski definition) is 2. The molecule has 0 radical (unpaired) electrons. The van der Waals surface area contributed by atoms with Crippen molar-refractivity contribution < 1.29 is 22.7 Å². The van der Waals surface area contributed by atoms with Crippen LogP contribution in [0.2, 0.25) is 0 Å². The van der Waals surface area contributed by atoms with Crippen LogP contribution in [0.1, 0.15) is 24.2 Å². The Hall–Kier alpha value is -0.990. The summed E-state index contributed by atoms with van der Waals surface area (Å²) in [6.45, 7) is 3.98. The van der Waals surface area contributed by atoms with Gasteiger partial charge in [-0.15, -0.1) is 13.2 Å². The zero-order valence-electron chi connectivity index (χ0n) is 11.0. The molecule has 0 aliphatic rings. The minimum atomic E-state index is -4.73. The molecule has 0 aliphatic carbocycles. The quantitative estimate of drug-likeness (QED) is 0.603. The Morgan fingerprint density at radius 2 is 1.85 bits per heavy atom. The van der Waals surface area contributed by atoms with Crippen LogP contribution in [0.5, 0.6) is 5.75 Å². The fourth-order valence-electron chi connectivity index (χ4n) is 1.44. The Kier molecular flexibility index (Phi) is 6.09. The van der Waals surface area contributed by atoms with Gasteiger partial charge < -0.3 is 10.1 Å². The van der Waals surface area contributed by atoms with Gasteiger partial charge in [0.15, 0.2) is 0 Å². The molecule has 1 N–H and O–H groups in total. The zero-order chi connectivity index (χ0) is 15.3. The maximum Gasteiger partial charge on any atom is 0.573 e. The van der Waals surface area contributed by atoms with E-state index in [1.165, 1.54) is 12.1 Å². The molecule has 20 heavy (non-hydrogen) atoms. The first-order valence-corrected chi connectivity index (χ1v) is 7.48. The van der Waals surface area contributed by atoms with Gasteiger partial charge in [0.2, 0.25) is 0 Å². The van der Waals surface area contributed by atoms with Gasteiger partial charge in [-0.3, -0.25) is 4.79 Å². The van der Waals surface area contributed by atoms with E-state index in [2.05, 4.69) is 32.6 Å². The molecule has 0 heterocycles. The second-order valence-electron chi connectivity index (χ2n) is 4.55. The van der Waals surface area contributed by atoms with Gasteiger partial charge in [-0.05, 0) is 30.2 Å². The minimum absolute atomic E-state index is 0.0224. The number of halogens is 4. The molecule has 112 valence electrons. The normalized spacial score (nSPS) is 13.2. The number of carbonyl (C=O) groups is 1. The average Bonchev–Trinajstić information content (AvgIpc) is 2.34. The Morgan fingerprint density at radius 3 is 2.25 bits per heavy atom. The topological polar surface area (TPSA) is 38.3 Å². The van der Waals surface area contributed by atoms with E-state index >= 15 is 0 Å². The third-order valence-electron chi connectivity index (χ3n) is 2.64. The van der Waals surface area contributed by atoms with Crippen LogP contribution in [0, 0.1) is 5.92 Å². The highest BCUT2D eigenvalue weighted by molar-refractivity contribution is 14.1. The number of hydrogen-bond donors (Lipinski definition) is 1. The van der Waals surface area contributed by atoms with Crippen LogP contribution < -0.4 is 10.1 Å². The second-order valence-corrected chi connectivity index (χ2v) is 5.43. The Morgan fingerprint density at radius 1 is 1.30 bits per heavy atom. The Bertz CT molecular complexity index is 446. The number of rotatable bonds is 5. The molecule has 3 nitrogen and oxygen atoms in total. The summed E-state index contributed by atoms with van der Waals surface area (Å²) in [6.07, 6.45) is -4.73.